The maximum absolute atomic E-state index is 10.9. The summed E-state index contributed by atoms with van der Waals surface area (Å²) in [5.41, 5.74) is 2.09. The number of hydrogen-bond acceptors (Lipinski definition) is 6. The molecule has 3 rings (SSSR count). The van der Waals surface area contributed by atoms with Crippen LogP contribution >= 0.6 is 0 Å². The minimum absolute atomic E-state index is 0.213. The van der Waals surface area contributed by atoms with Gasteiger partial charge in [-0.2, -0.15) is 5.26 Å². The first kappa shape index (κ1) is 16.9. The zero-order valence-electron chi connectivity index (χ0n) is 13.9. The van der Waals surface area contributed by atoms with Crippen molar-refractivity contribution in [3.8, 4) is 6.07 Å². The summed E-state index contributed by atoms with van der Waals surface area (Å²) in [4.78, 5) is 19.6. The number of carboxylic acids is 1. The Kier molecular flexibility index (Phi) is 4.76. The van der Waals surface area contributed by atoms with Gasteiger partial charge in [-0.25, -0.2) is 14.8 Å². The molecular weight excluding hydrogens is 330 g/mol. The summed E-state index contributed by atoms with van der Waals surface area (Å²) in [5.74, 6) is 0.675. The molecule has 0 saturated carbocycles. The predicted octanol–water partition coefficient (Wildman–Crippen LogP) is 3.84. The van der Waals surface area contributed by atoms with Gasteiger partial charge < -0.3 is 15.7 Å². The molecule has 3 aromatic rings. The molecule has 0 spiro atoms. The number of hydrogen-bond donors (Lipinski definition) is 3. The second-order valence-electron chi connectivity index (χ2n) is 5.48. The van der Waals surface area contributed by atoms with Crippen LogP contribution in [-0.4, -0.2) is 21.0 Å². The second kappa shape index (κ2) is 7.32. The van der Waals surface area contributed by atoms with Gasteiger partial charge in [0.2, 0.25) is 0 Å². The first-order valence-electron chi connectivity index (χ1n) is 7.77. The largest absolute Gasteiger partial charge is 0.478 e. The predicted molar refractivity (Wildman–Crippen MR) is 97.9 cm³/mol. The molecule has 0 fully saturated rings. The number of carbonyl (C=O) groups is 1. The zero-order chi connectivity index (χ0) is 18.5. The molecule has 0 atom stereocenters. The van der Waals surface area contributed by atoms with Crippen LogP contribution in [0.15, 0.2) is 54.6 Å². The second-order valence-corrected chi connectivity index (χ2v) is 5.48. The van der Waals surface area contributed by atoms with Crippen LogP contribution < -0.4 is 10.6 Å². The van der Waals surface area contributed by atoms with Gasteiger partial charge in [0, 0.05) is 11.8 Å². The van der Waals surface area contributed by atoms with Crippen LogP contribution in [0, 0.1) is 18.3 Å². The molecule has 7 nitrogen and oxygen atoms in total. The number of aromatic nitrogens is 2. The van der Waals surface area contributed by atoms with E-state index >= 15 is 0 Å². The highest BCUT2D eigenvalue weighted by Crippen LogP contribution is 2.22. The molecule has 128 valence electrons. The van der Waals surface area contributed by atoms with Gasteiger partial charge in [0.25, 0.3) is 0 Å². The van der Waals surface area contributed by atoms with Crippen molar-refractivity contribution >= 4 is 29.0 Å². The van der Waals surface area contributed by atoms with Crippen molar-refractivity contribution in [1.82, 2.24) is 9.97 Å². The Morgan fingerprint density at radius 1 is 1.04 bits per heavy atom. The molecule has 0 radical (unpaired) electrons. The van der Waals surface area contributed by atoms with Crippen LogP contribution in [0.2, 0.25) is 0 Å². The lowest BCUT2D eigenvalue weighted by Crippen LogP contribution is -2.02. The maximum atomic E-state index is 10.9. The van der Waals surface area contributed by atoms with E-state index in [0.29, 0.717) is 34.4 Å². The highest BCUT2D eigenvalue weighted by molar-refractivity contribution is 5.88. The molecule has 0 saturated heterocycles. The van der Waals surface area contributed by atoms with Gasteiger partial charge >= 0.3 is 5.97 Å². The lowest BCUT2D eigenvalue weighted by atomic mass is 10.2. The Bertz CT molecular complexity index is 994. The Hall–Kier alpha value is -3.92. The van der Waals surface area contributed by atoms with Crippen molar-refractivity contribution in [3.63, 3.8) is 0 Å². The summed E-state index contributed by atoms with van der Waals surface area (Å²) in [7, 11) is 0. The monoisotopic (exact) mass is 345 g/mol. The van der Waals surface area contributed by atoms with Gasteiger partial charge in [-0.3, -0.25) is 0 Å². The fourth-order valence-corrected chi connectivity index (χ4v) is 2.37. The number of carboxylic acid groups (broad SMARTS) is 1. The third kappa shape index (κ3) is 3.94. The van der Waals surface area contributed by atoms with E-state index in [-0.39, 0.29) is 5.56 Å². The first-order chi connectivity index (χ1) is 12.5. The number of nitriles is 1. The lowest BCUT2D eigenvalue weighted by molar-refractivity contribution is 0.0697. The number of anilines is 4. The average molecular weight is 345 g/mol. The van der Waals surface area contributed by atoms with Crippen LogP contribution in [0.5, 0.6) is 0 Å². The molecule has 0 aliphatic rings. The summed E-state index contributed by atoms with van der Waals surface area (Å²) < 4.78 is 0. The van der Waals surface area contributed by atoms with Gasteiger partial charge in [0.05, 0.1) is 16.8 Å². The molecule has 2 aromatic carbocycles. The molecule has 0 aliphatic carbocycles. The number of aryl methyl sites for hydroxylation is 1. The van der Waals surface area contributed by atoms with Crippen molar-refractivity contribution in [2.24, 2.45) is 0 Å². The van der Waals surface area contributed by atoms with E-state index in [1.807, 2.05) is 6.07 Å². The normalized spacial score (nSPS) is 10.0. The summed E-state index contributed by atoms with van der Waals surface area (Å²) >= 11 is 0. The average Bonchev–Trinajstić information content (AvgIpc) is 2.62. The number of nitrogens with one attached hydrogen (secondary N) is 2. The van der Waals surface area contributed by atoms with Crippen molar-refractivity contribution < 1.29 is 9.90 Å². The van der Waals surface area contributed by atoms with Crippen LogP contribution in [0.3, 0.4) is 0 Å². The van der Waals surface area contributed by atoms with Gasteiger partial charge in [0.15, 0.2) is 0 Å². The maximum Gasteiger partial charge on any atom is 0.335 e. The fourth-order valence-electron chi connectivity index (χ4n) is 2.37. The Morgan fingerprint density at radius 2 is 1.69 bits per heavy atom. The Balaban J connectivity index is 1.83. The van der Waals surface area contributed by atoms with E-state index in [1.54, 1.807) is 43.3 Å². The zero-order valence-corrected chi connectivity index (χ0v) is 13.9. The van der Waals surface area contributed by atoms with E-state index in [2.05, 4.69) is 26.7 Å². The molecule has 0 amide bonds. The van der Waals surface area contributed by atoms with E-state index in [9.17, 15) is 10.1 Å². The molecule has 7 heteroatoms. The number of rotatable bonds is 5. The first-order valence-corrected chi connectivity index (χ1v) is 7.77. The summed E-state index contributed by atoms with van der Waals surface area (Å²) in [6.07, 6.45) is 0. The lowest BCUT2D eigenvalue weighted by Gasteiger charge is -2.11. The minimum atomic E-state index is -0.975. The third-order valence-corrected chi connectivity index (χ3v) is 3.55. The van der Waals surface area contributed by atoms with E-state index in [4.69, 9.17) is 5.11 Å². The van der Waals surface area contributed by atoms with Gasteiger partial charge in [0.1, 0.15) is 23.5 Å². The molecule has 0 unspecified atom stereocenters. The molecule has 0 bridgehead atoms. The summed E-state index contributed by atoms with van der Waals surface area (Å²) in [6, 6.07) is 17.4. The quantitative estimate of drug-likeness (QED) is 0.644. The van der Waals surface area contributed by atoms with E-state index in [1.165, 1.54) is 12.1 Å². The standard InChI is InChI=1S/C19H15N5O2/c1-12-21-17(23-15-8-6-13(7-9-15)19(25)26)10-18(22-12)24-16-5-3-2-4-14(16)11-20/h2-10H,1H3,(H,25,26)(H2,21,22,23,24). The van der Waals surface area contributed by atoms with Crippen LogP contribution in [-0.2, 0) is 0 Å². The highest BCUT2D eigenvalue weighted by Gasteiger charge is 2.07. The van der Waals surface area contributed by atoms with Crippen LogP contribution in [0.25, 0.3) is 0 Å². The molecule has 1 aromatic heterocycles. The topological polar surface area (TPSA) is 111 Å². The van der Waals surface area contributed by atoms with E-state index in [0.717, 1.165) is 0 Å². The summed E-state index contributed by atoms with van der Waals surface area (Å²) in [5, 5.41) is 24.4. The molecule has 0 aliphatic heterocycles. The smallest absolute Gasteiger partial charge is 0.335 e. The highest BCUT2D eigenvalue weighted by atomic mass is 16.4. The molecule has 3 N–H and O–H groups in total. The van der Waals surface area contributed by atoms with Crippen LogP contribution in [0.1, 0.15) is 21.7 Å². The van der Waals surface area contributed by atoms with Crippen molar-refractivity contribution in [2.45, 2.75) is 6.92 Å². The van der Waals surface area contributed by atoms with Crippen molar-refractivity contribution in [2.75, 3.05) is 10.6 Å². The van der Waals surface area contributed by atoms with Gasteiger partial charge in [-0.15, -0.1) is 0 Å². The molecular formula is C19H15N5O2. The summed E-state index contributed by atoms with van der Waals surface area (Å²) in [6.45, 7) is 1.76. The van der Waals surface area contributed by atoms with E-state index < -0.39 is 5.97 Å². The van der Waals surface area contributed by atoms with Gasteiger partial charge in [-0.1, -0.05) is 12.1 Å². The van der Waals surface area contributed by atoms with Gasteiger partial charge in [-0.05, 0) is 43.3 Å². The van der Waals surface area contributed by atoms with Crippen molar-refractivity contribution in [3.05, 3.63) is 71.5 Å². The number of para-hydroxylation sites is 1. The molecule has 26 heavy (non-hydrogen) atoms. The van der Waals surface area contributed by atoms with Crippen LogP contribution in [0.4, 0.5) is 23.0 Å². The number of benzene rings is 2. The fraction of sp³-hybridized carbons (Fsp3) is 0.0526. The number of aromatic carboxylic acids is 1. The van der Waals surface area contributed by atoms with Crippen molar-refractivity contribution in [1.29, 1.82) is 5.26 Å². The number of nitrogens with zero attached hydrogens (tertiary/aromatic N) is 3. The molecule has 1 heterocycles. The third-order valence-electron chi connectivity index (χ3n) is 3.55. The minimum Gasteiger partial charge on any atom is -0.478 e. The Labute approximate surface area is 150 Å². The Morgan fingerprint density at radius 3 is 2.35 bits per heavy atom. The SMILES string of the molecule is Cc1nc(Nc2ccc(C(=O)O)cc2)cc(Nc2ccccc2C#N)n1.